The number of aldehydes is 1. The average molecular weight is 261 g/mol. The molecule has 0 bridgehead atoms. The molecule has 3 nitrogen and oxygen atoms in total. The highest BCUT2D eigenvalue weighted by Gasteiger charge is 2.16. The van der Waals surface area contributed by atoms with Crippen molar-refractivity contribution in [3.8, 4) is 6.07 Å². The van der Waals surface area contributed by atoms with Crippen molar-refractivity contribution in [2.75, 3.05) is 0 Å². The lowest BCUT2D eigenvalue weighted by Gasteiger charge is -2.03. The second-order valence-electron chi connectivity index (χ2n) is 2.32. The Hall–Kier alpha value is -1.35. The van der Waals surface area contributed by atoms with Gasteiger partial charge >= 0.3 is 0 Å². The van der Waals surface area contributed by atoms with Crippen molar-refractivity contribution in [1.29, 1.82) is 5.26 Å². The molecule has 0 aliphatic rings. The average Bonchev–Trinajstić information content (AvgIpc) is 2.16. The number of rotatable bonds is 2. The first-order valence-corrected chi connectivity index (χ1v) is 4.23. The van der Waals surface area contributed by atoms with Crippen LogP contribution in [0, 0.1) is 11.3 Å². The van der Waals surface area contributed by atoms with E-state index in [0.717, 1.165) is 6.07 Å². The molecule has 0 amide bonds. The van der Waals surface area contributed by atoms with E-state index in [0.29, 0.717) is 6.29 Å². The van der Waals surface area contributed by atoms with Crippen molar-refractivity contribution in [3.05, 3.63) is 27.5 Å². The molecule has 0 atom stereocenters. The highest BCUT2D eigenvalue weighted by Crippen LogP contribution is 2.26. The molecule has 1 aromatic heterocycles. The largest absolute Gasteiger partial charge is 0.298 e. The van der Waals surface area contributed by atoms with Crippen LogP contribution >= 0.6 is 15.9 Å². The predicted octanol–water partition coefficient (Wildman–Crippen LogP) is 2.47. The van der Waals surface area contributed by atoms with Gasteiger partial charge in [-0.25, -0.2) is 13.8 Å². The van der Waals surface area contributed by atoms with Crippen LogP contribution in [-0.2, 0) is 0 Å². The van der Waals surface area contributed by atoms with Gasteiger partial charge in [0.25, 0.3) is 6.43 Å². The lowest BCUT2D eigenvalue weighted by molar-refractivity contribution is 0.112. The van der Waals surface area contributed by atoms with Gasteiger partial charge < -0.3 is 0 Å². The molecule has 0 radical (unpaired) electrons. The van der Waals surface area contributed by atoms with E-state index in [1.54, 1.807) is 6.07 Å². The molecule has 1 rings (SSSR count). The second kappa shape index (κ2) is 4.24. The van der Waals surface area contributed by atoms with Crippen molar-refractivity contribution in [3.63, 3.8) is 0 Å². The number of hydrogen-bond donors (Lipinski definition) is 0. The Balaban J connectivity index is 3.39. The summed E-state index contributed by atoms with van der Waals surface area (Å²) in [7, 11) is 0. The predicted molar refractivity (Wildman–Crippen MR) is 47.0 cm³/mol. The van der Waals surface area contributed by atoms with E-state index in [1.807, 2.05) is 0 Å². The van der Waals surface area contributed by atoms with Crippen LogP contribution in [0.4, 0.5) is 8.78 Å². The SMILES string of the molecule is N#Cc1nc(C(F)F)c(Br)cc1C=O. The zero-order valence-electron chi connectivity index (χ0n) is 6.67. The van der Waals surface area contributed by atoms with E-state index in [4.69, 9.17) is 5.26 Å². The number of nitrogens with zero attached hydrogens (tertiary/aromatic N) is 2. The molecular weight excluding hydrogens is 258 g/mol. The van der Waals surface area contributed by atoms with Gasteiger partial charge in [-0.15, -0.1) is 0 Å². The zero-order chi connectivity index (χ0) is 10.7. The molecule has 1 aromatic rings. The maximum Gasteiger partial charge on any atom is 0.281 e. The third-order valence-corrected chi connectivity index (χ3v) is 2.11. The lowest BCUT2D eigenvalue weighted by atomic mass is 10.2. The quantitative estimate of drug-likeness (QED) is 0.768. The highest BCUT2D eigenvalue weighted by molar-refractivity contribution is 9.10. The normalized spacial score (nSPS) is 9.93. The topological polar surface area (TPSA) is 53.8 Å². The summed E-state index contributed by atoms with van der Waals surface area (Å²) in [6.45, 7) is 0. The van der Waals surface area contributed by atoms with E-state index >= 15 is 0 Å². The number of alkyl halides is 2. The van der Waals surface area contributed by atoms with Crippen LogP contribution in [0.3, 0.4) is 0 Å². The van der Waals surface area contributed by atoms with Crippen LogP contribution in [0.2, 0.25) is 0 Å². The highest BCUT2D eigenvalue weighted by atomic mass is 79.9. The molecular formula is C8H3BrF2N2O. The molecule has 0 saturated carbocycles. The Morgan fingerprint density at radius 2 is 2.29 bits per heavy atom. The fraction of sp³-hybridized carbons (Fsp3) is 0.125. The first-order chi connectivity index (χ1) is 6.60. The van der Waals surface area contributed by atoms with Crippen LogP contribution in [0.1, 0.15) is 28.2 Å². The summed E-state index contributed by atoms with van der Waals surface area (Å²) in [4.78, 5) is 13.8. The Morgan fingerprint density at radius 1 is 1.64 bits per heavy atom. The molecule has 0 saturated heterocycles. The molecule has 0 aliphatic heterocycles. The Bertz CT molecular complexity index is 415. The first kappa shape index (κ1) is 10.7. The van der Waals surface area contributed by atoms with Gasteiger partial charge in [-0.05, 0) is 22.0 Å². The van der Waals surface area contributed by atoms with Gasteiger partial charge in [0.15, 0.2) is 12.0 Å². The maximum absolute atomic E-state index is 12.3. The summed E-state index contributed by atoms with van der Waals surface area (Å²) in [6, 6.07) is 2.73. The number of carbonyl (C=O) groups excluding carboxylic acids is 1. The molecule has 0 aromatic carbocycles. The van der Waals surface area contributed by atoms with Crippen LogP contribution in [0.25, 0.3) is 0 Å². The summed E-state index contributed by atoms with van der Waals surface area (Å²) in [5.74, 6) is 0. The van der Waals surface area contributed by atoms with Gasteiger partial charge in [0, 0.05) is 4.47 Å². The van der Waals surface area contributed by atoms with Gasteiger partial charge in [0.2, 0.25) is 0 Å². The van der Waals surface area contributed by atoms with Gasteiger partial charge in [-0.3, -0.25) is 4.79 Å². The molecule has 0 spiro atoms. The Kier molecular flexibility index (Phi) is 3.25. The van der Waals surface area contributed by atoms with Gasteiger partial charge in [0.1, 0.15) is 11.8 Å². The molecule has 0 fully saturated rings. The second-order valence-corrected chi connectivity index (χ2v) is 3.18. The molecule has 0 aliphatic carbocycles. The first-order valence-electron chi connectivity index (χ1n) is 3.44. The van der Waals surface area contributed by atoms with Crippen molar-refractivity contribution in [2.24, 2.45) is 0 Å². The number of hydrogen-bond acceptors (Lipinski definition) is 3. The fourth-order valence-electron chi connectivity index (χ4n) is 0.850. The molecule has 14 heavy (non-hydrogen) atoms. The maximum atomic E-state index is 12.3. The third kappa shape index (κ3) is 1.93. The third-order valence-electron chi connectivity index (χ3n) is 1.47. The number of carbonyl (C=O) groups is 1. The van der Waals surface area contributed by atoms with E-state index in [-0.39, 0.29) is 15.7 Å². The van der Waals surface area contributed by atoms with E-state index in [9.17, 15) is 13.6 Å². The minimum atomic E-state index is -2.78. The lowest BCUT2D eigenvalue weighted by Crippen LogP contribution is -1.99. The van der Waals surface area contributed by atoms with E-state index in [2.05, 4.69) is 20.9 Å². The molecule has 0 N–H and O–H groups in total. The summed E-state index contributed by atoms with van der Waals surface area (Å²) in [5.41, 5.74) is -0.838. The molecule has 72 valence electrons. The van der Waals surface area contributed by atoms with Crippen LogP contribution in [0.15, 0.2) is 10.5 Å². The number of pyridine rings is 1. The van der Waals surface area contributed by atoms with E-state index < -0.39 is 12.1 Å². The molecule has 0 unspecified atom stereocenters. The van der Waals surface area contributed by atoms with E-state index in [1.165, 1.54) is 0 Å². The number of halogens is 3. The summed E-state index contributed by atoms with van der Waals surface area (Å²) < 4.78 is 24.6. The number of aromatic nitrogens is 1. The van der Waals surface area contributed by atoms with Crippen LogP contribution < -0.4 is 0 Å². The number of nitriles is 1. The molecule has 1 heterocycles. The van der Waals surface area contributed by atoms with Crippen molar-refractivity contribution < 1.29 is 13.6 Å². The van der Waals surface area contributed by atoms with Gasteiger partial charge in [-0.1, -0.05) is 0 Å². The summed E-state index contributed by atoms with van der Waals surface area (Å²) in [5, 5.41) is 8.52. The Morgan fingerprint density at radius 3 is 2.71 bits per heavy atom. The minimum Gasteiger partial charge on any atom is -0.298 e. The Labute approximate surface area is 86.5 Å². The van der Waals surface area contributed by atoms with Crippen molar-refractivity contribution in [1.82, 2.24) is 4.98 Å². The smallest absolute Gasteiger partial charge is 0.281 e. The van der Waals surface area contributed by atoms with Gasteiger partial charge in [-0.2, -0.15) is 5.26 Å². The summed E-state index contributed by atoms with van der Waals surface area (Å²) in [6.07, 6.45) is -2.39. The standard InChI is InChI=1S/C8H3BrF2N2O/c9-5-1-4(3-14)6(2-12)13-7(5)8(10)11/h1,3,8H. The molecule has 6 heteroatoms. The van der Waals surface area contributed by atoms with Crippen molar-refractivity contribution in [2.45, 2.75) is 6.43 Å². The van der Waals surface area contributed by atoms with Gasteiger partial charge in [0.05, 0.1) is 5.56 Å². The minimum absolute atomic E-state index is 0.0104. The van der Waals surface area contributed by atoms with Crippen molar-refractivity contribution >= 4 is 22.2 Å². The van der Waals surface area contributed by atoms with Crippen LogP contribution in [0.5, 0.6) is 0 Å². The van der Waals surface area contributed by atoms with Crippen LogP contribution in [-0.4, -0.2) is 11.3 Å². The zero-order valence-corrected chi connectivity index (χ0v) is 8.25. The monoisotopic (exact) mass is 260 g/mol. The summed E-state index contributed by atoms with van der Waals surface area (Å²) >= 11 is 2.84. The fourth-order valence-corrected chi connectivity index (χ4v) is 1.36.